The van der Waals surface area contributed by atoms with Gasteiger partial charge in [-0.05, 0) is 0 Å². The van der Waals surface area contributed by atoms with Crippen LogP contribution in [0.4, 0.5) is 0 Å². The maximum atomic E-state index is 12.9. The predicted molar refractivity (Wildman–Crippen MR) is 107 cm³/mol. The number of aromatic nitrogens is 1. The molecule has 148 valence electrons. The van der Waals surface area contributed by atoms with Crippen molar-refractivity contribution in [2.75, 3.05) is 28.4 Å². The molecule has 8 heteroatoms. The van der Waals surface area contributed by atoms with Gasteiger partial charge in [-0.1, -0.05) is 0 Å². The second-order valence-corrected chi connectivity index (χ2v) is 9.71. The van der Waals surface area contributed by atoms with Crippen molar-refractivity contribution < 1.29 is 26.6 Å². The van der Waals surface area contributed by atoms with Crippen molar-refractivity contribution >= 4 is 34.1 Å². The summed E-state index contributed by atoms with van der Waals surface area (Å²) in [5, 5.41) is 0.898. The summed E-state index contributed by atoms with van der Waals surface area (Å²) in [6.45, 7) is 0. The number of hydrogen-bond acceptors (Lipinski definition) is 6. The van der Waals surface area contributed by atoms with E-state index < -0.39 is 12.7 Å². The predicted octanol–water partition coefficient (Wildman–Crippen LogP) is 2.97. The Hall–Kier alpha value is -2.96. The van der Waals surface area contributed by atoms with Crippen LogP contribution in [0.3, 0.4) is 0 Å². The van der Waals surface area contributed by atoms with Crippen LogP contribution in [0.15, 0.2) is 41.5 Å². The van der Waals surface area contributed by atoms with Gasteiger partial charge in [0, 0.05) is 0 Å². The normalized spacial score (nSPS) is 11.7. The van der Waals surface area contributed by atoms with Crippen LogP contribution < -0.4 is 23.4 Å². The molecule has 1 N–H and O–H groups in total. The zero-order valence-corrected chi connectivity index (χ0v) is 17.7. The molecule has 0 saturated heterocycles. The number of fused-ring (bicyclic) bond motifs is 1. The van der Waals surface area contributed by atoms with Crippen molar-refractivity contribution in [1.82, 2.24) is 4.98 Å². The number of aromatic amines is 1. The fraction of sp³-hybridized carbons (Fsp3) is 0.200. The molecule has 7 nitrogen and oxygen atoms in total. The first-order valence-corrected chi connectivity index (χ1v) is 11.6. The van der Waals surface area contributed by atoms with E-state index in [1.807, 2.05) is 18.2 Å². The summed E-state index contributed by atoms with van der Waals surface area (Å²) >= 11 is -4.61. The molecule has 1 aromatic heterocycles. The molecule has 3 rings (SSSR count). The first kappa shape index (κ1) is 19.8. The minimum atomic E-state index is -4.61. The summed E-state index contributed by atoms with van der Waals surface area (Å²) in [4.78, 5) is 4.34. The van der Waals surface area contributed by atoms with Crippen molar-refractivity contribution in [3.63, 3.8) is 0 Å². The number of methoxy groups -OCH3 is 4. The van der Waals surface area contributed by atoms with Crippen molar-refractivity contribution in [2.24, 2.45) is 0 Å². The van der Waals surface area contributed by atoms with Gasteiger partial charge in [0.2, 0.25) is 0 Å². The molecule has 0 aliphatic carbocycles. The van der Waals surface area contributed by atoms with E-state index in [0.29, 0.717) is 5.75 Å². The Morgan fingerprint density at radius 2 is 1.57 bits per heavy atom. The van der Waals surface area contributed by atoms with E-state index in [0.717, 1.165) is 22.2 Å². The monoisotopic (exact) mass is 451 g/mol. The molecule has 1 heterocycles. The number of benzene rings is 2. The van der Waals surface area contributed by atoms with Crippen molar-refractivity contribution in [1.29, 1.82) is 0 Å². The number of H-pyrrole nitrogens is 1. The third-order valence-electron chi connectivity index (χ3n) is 4.31. The Kier molecular flexibility index (Phi) is 5.63. The molecular weight excluding hydrogens is 429 g/mol. The van der Waals surface area contributed by atoms with Gasteiger partial charge in [-0.2, -0.15) is 0 Å². The Morgan fingerprint density at radius 1 is 0.893 bits per heavy atom. The van der Waals surface area contributed by atoms with E-state index in [-0.39, 0.29) is 16.0 Å². The second kappa shape index (κ2) is 7.96. The number of nitrogens with one attached hydrogen (secondary N) is 1. The van der Waals surface area contributed by atoms with E-state index >= 15 is 0 Å². The Labute approximate surface area is 164 Å². The second-order valence-electron chi connectivity index (χ2n) is 5.86. The van der Waals surface area contributed by atoms with Crippen LogP contribution in [0.25, 0.3) is 17.0 Å². The number of hydrogen-bond donors (Lipinski definition) is 1. The molecule has 0 aliphatic heterocycles. The summed E-state index contributed by atoms with van der Waals surface area (Å²) in [6, 6.07) is 8.43. The van der Waals surface area contributed by atoms with Crippen molar-refractivity contribution in [3.8, 4) is 23.0 Å². The number of ether oxygens (including phenoxy) is 4. The molecule has 0 amide bonds. The van der Waals surface area contributed by atoms with E-state index in [9.17, 15) is 7.67 Å². The summed E-state index contributed by atoms with van der Waals surface area (Å²) in [5.41, 5.74) is 1.62. The quantitative estimate of drug-likeness (QED) is 0.557. The molecule has 3 aromatic rings. The van der Waals surface area contributed by atoms with Crippen molar-refractivity contribution in [2.45, 2.75) is 0 Å². The van der Waals surface area contributed by atoms with Crippen LogP contribution in [-0.2, 0) is 7.67 Å². The molecule has 0 unspecified atom stereocenters. The van der Waals surface area contributed by atoms with Crippen LogP contribution >= 0.6 is 0 Å². The molecule has 0 spiro atoms. The molecule has 0 saturated carbocycles. The van der Waals surface area contributed by atoms with E-state index in [1.54, 1.807) is 19.4 Å². The molecule has 0 fully saturated rings. The minimum absolute atomic E-state index is 0.114. The van der Waals surface area contributed by atoms with Crippen LogP contribution in [0.5, 0.6) is 23.0 Å². The van der Waals surface area contributed by atoms with Crippen LogP contribution in [0.2, 0.25) is 0 Å². The molecule has 0 bridgehead atoms. The van der Waals surface area contributed by atoms with Crippen molar-refractivity contribution in [3.05, 3.63) is 47.1 Å². The first-order chi connectivity index (χ1) is 13.4. The SMILES string of the molecule is COc1ccc2c(/C=C/[Se](=O)(=O)c3cc(OC)c(OC)c(OC)c3)c[nH]c2c1. The number of rotatable bonds is 7. The van der Waals surface area contributed by atoms with Gasteiger partial charge in [0.15, 0.2) is 0 Å². The zero-order valence-electron chi connectivity index (χ0n) is 16.0. The summed E-state index contributed by atoms with van der Waals surface area (Å²) in [7, 11) is 5.94. The average molecular weight is 450 g/mol. The Balaban J connectivity index is 2.00. The molecular formula is C20H21NO6Se. The Bertz CT molecular complexity index is 1110. The van der Waals surface area contributed by atoms with Gasteiger partial charge in [-0.3, -0.25) is 0 Å². The van der Waals surface area contributed by atoms with Gasteiger partial charge >= 0.3 is 164 Å². The van der Waals surface area contributed by atoms with Gasteiger partial charge < -0.3 is 0 Å². The fourth-order valence-corrected chi connectivity index (χ4v) is 5.01. The van der Waals surface area contributed by atoms with Gasteiger partial charge in [0.05, 0.1) is 0 Å². The van der Waals surface area contributed by atoms with Crippen LogP contribution in [0, 0.1) is 0 Å². The van der Waals surface area contributed by atoms with E-state index in [4.69, 9.17) is 18.9 Å². The molecule has 28 heavy (non-hydrogen) atoms. The third kappa shape index (κ3) is 3.69. The van der Waals surface area contributed by atoms with Gasteiger partial charge in [0.1, 0.15) is 0 Å². The van der Waals surface area contributed by atoms with Gasteiger partial charge in [-0.15, -0.1) is 0 Å². The van der Waals surface area contributed by atoms with Crippen LogP contribution in [-0.4, -0.2) is 46.1 Å². The molecule has 0 aliphatic rings. The van der Waals surface area contributed by atoms with Gasteiger partial charge in [0.25, 0.3) is 0 Å². The Morgan fingerprint density at radius 3 is 2.14 bits per heavy atom. The summed E-state index contributed by atoms with van der Waals surface area (Å²) < 4.78 is 46.9. The molecule has 2 aromatic carbocycles. The summed E-state index contributed by atoms with van der Waals surface area (Å²) in [5.74, 6) is 1.64. The fourth-order valence-electron chi connectivity index (χ4n) is 2.86. The van der Waals surface area contributed by atoms with E-state index in [1.165, 1.54) is 38.4 Å². The standard InChI is InChI=1S/C20H21NO6Se/c1-24-14-5-6-16-13(12-21-17(16)9-14)7-8-28(22,23)15-10-18(25-2)20(27-4)19(11-15)26-3/h5-12,21H,1-4H3/b8-7+. The van der Waals surface area contributed by atoms with Gasteiger partial charge in [-0.25, -0.2) is 0 Å². The average Bonchev–Trinajstić information content (AvgIpc) is 3.13. The first-order valence-electron chi connectivity index (χ1n) is 8.31. The molecule has 0 atom stereocenters. The third-order valence-corrected chi connectivity index (χ3v) is 7.22. The topological polar surface area (TPSA) is 86.9 Å². The zero-order chi connectivity index (χ0) is 20.3. The summed E-state index contributed by atoms with van der Waals surface area (Å²) in [6.07, 6.45) is 3.33. The van der Waals surface area contributed by atoms with E-state index in [2.05, 4.69) is 4.98 Å². The maximum absolute atomic E-state index is 12.9. The van der Waals surface area contributed by atoms with Crippen LogP contribution in [0.1, 0.15) is 5.56 Å². The molecule has 0 radical (unpaired) electrons.